The molecule has 0 unspecified atom stereocenters. The first-order valence-electron chi connectivity index (χ1n) is 11.6. The molecule has 2 heterocycles. The molecule has 0 fully saturated rings. The van der Waals surface area contributed by atoms with Gasteiger partial charge >= 0.3 is 0 Å². The molecule has 7 nitrogen and oxygen atoms in total. The SMILES string of the molecule is Cc1nc(Oc2ccc(NC(=O)C(c3ccccc3)c3ccccc3)cc2)cc(-n2ccnc2C)n1. The van der Waals surface area contributed by atoms with Gasteiger partial charge in [0.25, 0.3) is 0 Å². The molecule has 36 heavy (non-hydrogen) atoms. The Morgan fingerprint density at radius 3 is 2.08 bits per heavy atom. The summed E-state index contributed by atoms with van der Waals surface area (Å²) in [5, 5.41) is 3.04. The van der Waals surface area contributed by atoms with Crippen molar-refractivity contribution in [1.82, 2.24) is 19.5 Å². The Kier molecular flexibility index (Phi) is 6.53. The second-order valence-corrected chi connectivity index (χ2v) is 8.33. The number of aromatic nitrogens is 4. The molecule has 0 bridgehead atoms. The molecule has 5 rings (SSSR count). The summed E-state index contributed by atoms with van der Waals surface area (Å²) in [5.41, 5.74) is 2.55. The predicted molar refractivity (Wildman–Crippen MR) is 139 cm³/mol. The van der Waals surface area contributed by atoms with Gasteiger partial charge in [-0.15, -0.1) is 0 Å². The first-order valence-corrected chi connectivity index (χ1v) is 11.6. The Hall–Kier alpha value is -4.78. The molecule has 7 heteroatoms. The highest BCUT2D eigenvalue weighted by atomic mass is 16.5. The van der Waals surface area contributed by atoms with Gasteiger partial charge < -0.3 is 10.1 Å². The van der Waals surface area contributed by atoms with E-state index in [-0.39, 0.29) is 5.91 Å². The monoisotopic (exact) mass is 475 g/mol. The van der Waals surface area contributed by atoms with Crippen molar-refractivity contribution in [2.75, 3.05) is 5.32 Å². The normalized spacial score (nSPS) is 10.9. The lowest BCUT2D eigenvalue weighted by Gasteiger charge is -2.18. The van der Waals surface area contributed by atoms with Gasteiger partial charge in [0.15, 0.2) is 0 Å². The van der Waals surface area contributed by atoms with E-state index >= 15 is 0 Å². The maximum atomic E-state index is 13.3. The van der Waals surface area contributed by atoms with Crippen LogP contribution in [-0.2, 0) is 4.79 Å². The van der Waals surface area contributed by atoms with Crippen LogP contribution < -0.4 is 10.1 Å². The van der Waals surface area contributed by atoms with Gasteiger partial charge in [-0.25, -0.2) is 9.97 Å². The minimum Gasteiger partial charge on any atom is -0.439 e. The highest BCUT2D eigenvalue weighted by molar-refractivity contribution is 5.98. The summed E-state index contributed by atoms with van der Waals surface area (Å²) < 4.78 is 7.86. The van der Waals surface area contributed by atoms with Gasteiger partial charge in [-0.3, -0.25) is 9.36 Å². The number of carbonyl (C=O) groups excluding carboxylic acids is 1. The maximum Gasteiger partial charge on any atom is 0.236 e. The quantitative estimate of drug-likeness (QED) is 0.320. The first-order chi connectivity index (χ1) is 17.6. The molecule has 0 aliphatic rings. The molecule has 3 aromatic carbocycles. The number of anilines is 1. The first kappa shape index (κ1) is 23.0. The van der Waals surface area contributed by atoms with Gasteiger partial charge in [-0.05, 0) is 49.2 Å². The molecule has 5 aromatic rings. The number of ether oxygens (including phenoxy) is 1. The molecule has 0 saturated carbocycles. The minimum absolute atomic E-state index is 0.104. The summed E-state index contributed by atoms with van der Waals surface area (Å²) >= 11 is 0. The van der Waals surface area contributed by atoms with E-state index < -0.39 is 5.92 Å². The van der Waals surface area contributed by atoms with Gasteiger partial charge in [-0.1, -0.05) is 60.7 Å². The van der Waals surface area contributed by atoms with Crippen LogP contribution in [0.3, 0.4) is 0 Å². The molecule has 1 amide bonds. The summed E-state index contributed by atoms with van der Waals surface area (Å²) in [6.07, 6.45) is 3.57. The number of hydrogen-bond donors (Lipinski definition) is 1. The van der Waals surface area contributed by atoms with Crippen LogP contribution in [0, 0.1) is 13.8 Å². The summed E-state index contributed by atoms with van der Waals surface area (Å²) in [6.45, 7) is 3.72. The highest BCUT2D eigenvalue weighted by Crippen LogP contribution is 2.28. The third-order valence-corrected chi connectivity index (χ3v) is 5.75. The number of aryl methyl sites for hydroxylation is 2. The smallest absolute Gasteiger partial charge is 0.236 e. The van der Waals surface area contributed by atoms with Gasteiger partial charge in [0.05, 0.1) is 5.92 Å². The molecule has 0 atom stereocenters. The fraction of sp³-hybridized carbons (Fsp3) is 0.103. The number of rotatable bonds is 7. The lowest BCUT2D eigenvalue weighted by Crippen LogP contribution is -2.22. The van der Waals surface area contributed by atoms with Crippen molar-refractivity contribution >= 4 is 11.6 Å². The van der Waals surface area contributed by atoms with Gasteiger partial charge in [0.1, 0.15) is 23.2 Å². The second-order valence-electron chi connectivity index (χ2n) is 8.33. The fourth-order valence-corrected chi connectivity index (χ4v) is 4.05. The number of amides is 1. The topological polar surface area (TPSA) is 81.9 Å². The van der Waals surface area contributed by atoms with Crippen molar-refractivity contribution in [3.63, 3.8) is 0 Å². The van der Waals surface area contributed by atoms with E-state index in [2.05, 4.69) is 20.3 Å². The van der Waals surface area contributed by atoms with Crippen LogP contribution in [0.5, 0.6) is 11.6 Å². The summed E-state index contributed by atoms with van der Waals surface area (Å²) in [7, 11) is 0. The highest BCUT2D eigenvalue weighted by Gasteiger charge is 2.22. The molecule has 2 aromatic heterocycles. The number of carbonyl (C=O) groups is 1. The van der Waals surface area contributed by atoms with E-state index in [9.17, 15) is 4.79 Å². The Morgan fingerprint density at radius 1 is 0.861 bits per heavy atom. The van der Waals surface area contributed by atoms with Crippen LogP contribution in [0.15, 0.2) is 103 Å². The third kappa shape index (κ3) is 5.15. The Balaban J connectivity index is 1.33. The van der Waals surface area contributed by atoms with Crippen molar-refractivity contribution < 1.29 is 9.53 Å². The van der Waals surface area contributed by atoms with Gasteiger partial charge in [0.2, 0.25) is 11.8 Å². The average molecular weight is 476 g/mol. The van der Waals surface area contributed by atoms with Crippen molar-refractivity contribution in [1.29, 1.82) is 0 Å². The Labute approximate surface area is 209 Å². The zero-order valence-corrected chi connectivity index (χ0v) is 20.0. The molecular weight excluding hydrogens is 450 g/mol. The molecule has 0 radical (unpaired) electrons. The maximum absolute atomic E-state index is 13.3. The predicted octanol–water partition coefficient (Wildman–Crippen LogP) is 5.84. The van der Waals surface area contributed by atoms with Crippen LogP contribution in [0.4, 0.5) is 5.69 Å². The minimum atomic E-state index is -0.419. The number of hydrogen-bond acceptors (Lipinski definition) is 5. The van der Waals surface area contributed by atoms with E-state index in [0.29, 0.717) is 29.0 Å². The molecule has 0 aliphatic carbocycles. The number of nitrogens with zero attached hydrogens (tertiary/aromatic N) is 4. The molecular formula is C29H25N5O2. The van der Waals surface area contributed by atoms with Gasteiger partial charge in [-0.2, -0.15) is 4.98 Å². The molecule has 0 aliphatic heterocycles. The molecule has 1 N–H and O–H groups in total. The van der Waals surface area contributed by atoms with Crippen LogP contribution >= 0.6 is 0 Å². The Bertz CT molecular complexity index is 1430. The summed E-state index contributed by atoms with van der Waals surface area (Å²) in [6, 6.07) is 28.5. The lowest BCUT2D eigenvalue weighted by molar-refractivity contribution is -0.116. The number of benzene rings is 3. The van der Waals surface area contributed by atoms with E-state index in [1.807, 2.05) is 97.4 Å². The zero-order valence-electron chi connectivity index (χ0n) is 20.0. The standard InChI is InChI=1S/C29H25N5O2/c1-20-31-26(34-18-17-30-21(34)2)19-27(32-20)36-25-15-13-24(14-16-25)33-29(35)28(22-9-5-3-6-10-22)23-11-7-4-8-12-23/h3-19,28H,1-2H3,(H,33,35). The average Bonchev–Trinajstić information content (AvgIpc) is 3.32. The third-order valence-electron chi connectivity index (χ3n) is 5.75. The van der Waals surface area contributed by atoms with Crippen molar-refractivity contribution in [3.8, 4) is 17.4 Å². The van der Waals surface area contributed by atoms with Crippen LogP contribution in [-0.4, -0.2) is 25.4 Å². The molecule has 0 saturated heterocycles. The van der Waals surface area contributed by atoms with Crippen LogP contribution in [0.1, 0.15) is 28.7 Å². The molecule has 0 spiro atoms. The van der Waals surface area contributed by atoms with Crippen molar-refractivity contribution in [3.05, 3.63) is 126 Å². The van der Waals surface area contributed by atoms with E-state index in [4.69, 9.17) is 4.74 Å². The molecule has 178 valence electrons. The fourth-order valence-electron chi connectivity index (χ4n) is 4.05. The lowest BCUT2D eigenvalue weighted by atomic mass is 9.90. The van der Waals surface area contributed by atoms with Gasteiger partial charge in [0, 0.05) is 24.1 Å². The summed E-state index contributed by atoms with van der Waals surface area (Å²) in [4.78, 5) is 26.5. The van der Waals surface area contributed by atoms with E-state index in [1.165, 1.54) is 0 Å². The van der Waals surface area contributed by atoms with Crippen LogP contribution in [0.25, 0.3) is 5.82 Å². The van der Waals surface area contributed by atoms with Crippen molar-refractivity contribution in [2.45, 2.75) is 19.8 Å². The zero-order chi connectivity index (χ0) is 24.9. The Morgan fingerprint density at radius 2 is 1.50 bits per heavy atom. The van der Waals surface area contributed by atoms with Crippen LogP contribution in [0.2, 0.25) is 0 Å². The second kappa shape index (κ2) is 10.2. The largest absolute Gasteiger partial charge is 0.439 e. The van der Waals surface area contributed by atoms with E-state index in [0.717, 1.165) is 17.0 Å². The summed E-state index contributed by atoms with van der Waals surface area (Å²) in [5.74, 6) is 2.60. The van der Waals surface area contributed by atoms with Crippen molar-refractivity contribution in [2.24, 2.45) is 0 Å². The number of nitrogens with one attached hydrogen (secondary N) is 1. The number of imidazole rings is 1. The van der Waals surface area contributed by atoms with E-state index in [1.54, 1.807) is 24.4 Å².